The smallest absolute Gasteiger partial charge is 0.338 e. The first-order chi connectivity index (χ1) is 10.6. The van der Waals surface area contributed by atoms with Crippen molar-refractivity contribution in [2.75, 3.05) is 33.9 Å². The Morgan fingerprint density at radius 3 is 2.27 bits per heavy atom. The first-order valence-corrected chi connectivity index (χ1v) is 7.29. The van der Waals surface area contributed by atoms with E-state index in [-0.39, 0.29) is 11.1 Å². The van der Waals surface area contributed by atoms with E-state index in [0.29, 0.717) is 18.3 Å². The Kier molecular flexibility index (Phi) is 5.77. The first kappa shape index (κ1) is 16.3. The van der Waals surface area contributed by atoms with Crippen LogP contribution in [0.25, 0.3) is 0 Å². The molecule has 0 spiro atoms. The Hall–Kier alpha value is -2.08. The molecule has 1 aliphatic rings. The van der Waals surface area contributed by atoms with Crippen molar-refractivity contribution in [1.29, 1.82) is 0 Å². The highest BCUT2D eigenvalue weighted by atomic mass is 16.5. The van der Waals surface area contributed by atoms with Gasteiger partial charge in [-0.15, -0.1) is 0 Å². The molecule has 2 rings (SSSR count). The average Bonchev–Trinajstić information content (AvgIpc) is 3.06. The molecule has 0 aromatic heterocycles. The average molecular weight is 307 g/mol. The molecular formula is C16H21NO5. The number of hydrogen-bond acceptors (Lipinski definition) is 6. The lowest BCUT2D eigenvalue weighted by Crippen LogP contribution is -2.12. The quantitative estimate of drug-likeness (QED) is 0.805. The van der Waals surface area contributed by atoms with Crippen LogP contribution in [0.5, 0.6) is 5.75 Å². The lowest BCUT2D eigenvalue weighted by atomic mass is 10.1. The third-order valence-corrected chi connectivity index (χ3v) is 3.71. The lowest BCUT2D eigenvalue weighted by molar-refractivity contribution is 0.0598. The van der Waals surface area contributed by atoms with Gasteiger partial charge in [0.05, 0.1) is 32.0 Å². The molecule has 6 heteroatoms. The second-order valence-corrected chi connectivity index (χ2v) is 5.23. The van der Waals surface area contributed by atoms with Crippen molar-refractivity contribution in [3.05, 3.63) is 29.3 Å². The second kappa shape index (κ2) is 7.79. The summed E-state index contributed by atoms with van der Waals surface area (Å²) in [7, 11) is 2.58. The van der Waals surface area contributed by atoms with E-state index < -0.39 is 11.9 Å². The van der Waals surface area contributed by atoms with Crippen LogP contribution < -0.4 is 10.1 Å². The fraction of sp³-hybridized carbons (Fsp3) is 0.500. The van der Waals surface area contributed by atoms with E-state index in [1.807, 2.05) is 0 Å². The fourth-order valence-corrected chi connectivity index (χ4v) is 2.46. The Labute approximate surface area is 129 Å². The Bertz CT molecular complexity index is 503. The Balaban J connectivity index is 2.07. The fourth-order valence-electron chi connectivity index (χ4n) is 2.46. The third-order valence-electron chi connectivity index (χ3n) is 3.71. The van der Waals surface area contributed by atoms with Crippen molar-refractivity contribution in [3.63, 3.8) is 0 Å². The molecule has 120 valence electrons. The Morgan fingerprint density at radius 2 is 1.77 bits per heavy atom. The highest BCUT2D eigenvalue weighted by Gasteiger charge is 2.16. The zero-order valence-electron chi connectivity index (χ0n) is 12.9. The van der Waals surface area contributed by atoms with Crippen LogP contribution in [0.3, 0.4) is 0 Å². The highest BCUT2D eigenvalue weighted by Crippen LogP contribution is 2.20. The highest BCUT2D eigenvalue weighted by molar-refractivity contribution is 5.96. The number of benzene rings is 1. The molecule has 0 bridgehead atoms. The minimum absolute atomic E-state index is 0.267. The van der Waals surface area contributed by atoms with Gasteiger partial charge in [0.25, 0.3) is 0 Å². The molecule has 1 saturated heterocycles. The van der Waals surface area contributed by atoms with Crippen LogP contribution in [0.2, 0.25) is 0 Å². The summed E-state index contributed by atoms with van der Waals surface area (Å²) in [5.41, 5.74) is 0.533. The predicted molar refractivity (Wildman–Crippen MR) is 80.2 cm³/mol. The monoisotopic (exact) mass is 307 g/mol. The van der Waals surface area contributed by atoms with E-state index in [1.54, 1.807) is 12.1 Å². The minimum atomic E-state index is -0.518. The van der Waals surface area contributed by atoms with Crippen molar-refractivity contribution in [3.8, 4) is 5.75 Å². The Morgan fingerprint density at radius 1 is 1.14 bits per heavy atom. The van der Waals surface area contributed by atoms with Gasteiger partial charge < -0.3 is 19.5 Å². The molecule has 1 aromatic carbocycles. The third kappa shape index (κ3) is 4.21. The van der Waals surface area contributed by atoms with Gasteiger partial charge in [0, 0.05) is 0 Å². The number of carbonyl (C=O) groups excluding carboxylic acids is 2. The van der Waals surface area contributed by atoms with Gasteiger partial charge >= 0.3 is 11.9 Å². The first-order valence-electron chi connectivity index (χ1n) is 7.29. The van der Waals surface area contributed by atoms with E-state index in [4.69, 9.17) is 14.2 Å². The summed E-state index contributed by atoms with van der Waals surface area (Å²) >= 11 is 0. The van der Waals surface area contributed by atoms with Crippen LogP contribution in [0.1, 0.15) is 33.6 Å². The summed E-state index contributed by atoms with van der Waals surface area (Å²) in [6.45, 7) is 2.60. The summed E-state index contributed by atoms with van der Waals surface area (Å²) < 4.78 is 15.1. The van der Waals surface area contributed by atoms with Gasteiger partial charge in [-0.25, -0.2) is 9.59 Å². The van der Waals surface area contributed by atoms with E-state index in [2.05, 4.69) is 5.32 Å². The standard InChI is InChI=1S/C16H21NO5/c1-20-15(18)12-7-13(16(19)21-2)9-14(8-12)22-6-4-11-3-5-17-10-11/h7-9,11,17H,3-6,10H2,1-2H3. The van der Waals surface area contributed by atoms with Crippen LogP contribution in [0.4, 0.5) is 0 Å². The number of nitrogens with one attached hydrogen (secondary N) is 1. The van der Waals surface area contributed by atoms with Crippen molar-refractivity contribution in [2.45, 2.75) is 12.8 Å². The second-order valence-electron chi connectivity index (χ2n) is 5.23. The summed E-state index contributed by atoms with van der Waals surface area (Å²) in [5, 5.41) is 3.31. The predicted octanol–water partition coefficient (Wildman–Crippen LogP) is 1.64. The van der Waals surface area contributed by atoms with Gasteiger partial charge in [-0.2, -0.15) is 0 Å². The van der Waals surface area contributed by atoms with E-state index >= 15 is 0 Å². The molecular weight excluding hydrogens is 286 g/mol. The molecule has 1 atom stereocenters. The van der Waals surface area contributed by atoms with Gasteiger partial charge in [-0.3, -0.25) is 0 Å². The maximum absolute atomic E-state index is 11.7. The summed E-state index contributed by atoms with van der Waals surface area (Å²) in [4.78, 5) is 23.3. The zero-order chi connectivity index (χ0) is 15.9. The molecule has 6 nitrogen and oxygen atoms in total. The molecule has 1 aliphatic heterocycles. The van der Waals surface area contributed by atoms with E-state index in [0.717, 1.165) is 25.9 Å². The molecule has 1 aromatic rings. The van der Waals surface area contributed by atoms with Crippen LogP contribution in [0.15, 0.2) is 18.2 Å². The number of rotatable bonds is 6. The number of esters is 2. The van der Waals surface area contributed by atoms with Gasteiger partial charge in [-0.05, 0) is 50.0 Å². The van der Waals surface area contributed by atoms with Crippen LogP contribution >= 0.6 is 0 Å². The van der Waals surface area contributed by atoms with Gasteiger partial charge in [0.15, 0.2) is 0 Å². The maximum atomic E-state index is 11.7. The molecule has 1 N–H and O–H groups in total. The number of hydrogen-bond donors (Lipinski definition) is 1. The SMILES string of the molecule is COC(=O)c1cc(OCCC2CCNC2)cc(C(=O)OC)c1. The van der Waals surface area contributed by atoms with Crippen LogP contribution in [-0.2, 0) is 9.47 Å². The summed E-state index contributed by atoms with van der Waals surface area (Å²) in [6, 6.07) is 4.59. The molecule has 0 amide bonds. The molecule has 22 heavy (non-hydrogen) atoms. The largest absolute Gasteiger partial charge is 0.494 e. The summed E-state index contributed by atoms with van der Waals surface area (Å²) in [5.74, 6) is 0.0457. The van der Waals surface area contributed by atoms with Gasteiger partial charge in [0.1, 0.15) is 5.75 Å². The molecule has 0 aliphatic carbocycles. The van der Waals surface area contributed by atoms with Crippen LogP contribution in [-0.4, -0.2) is 45.9 Å². The molecule has 1 unspecified atom stereocenters. The molecule has 1 heterocycles. The normalized spacial score (nSPS) is 17.1. The van der Waals surface area contributed by atoms with Crippen molar-refractivity contribution < 1.29 is 23.8 Å². The van der Waals surface area contributed by atoms with Gasteiger partial charge in [-0.1, -0.05) is 0 Å². The van der Waals surface area contributed by atoms with Crippen LogP contribution in [0, 0.1) is 5.92 Å². The minimum Gasteiger partial charge on any atom is -0.494 e. The van der Waals surface area contributed by atoms with Gasteiger partial charge in [0.2, 0.25) is 0 Å². The molecule has 0 radical (unpaired) electrons. The van der Waals surface area contributed by atoms with E-state index in [1.165, 1.54) is 20.3 Å². The molecule has 1 fully saturated rings. The topological polar surface area (TPSA) is 73.9 Å². The number of methoxy groups -OCH3 is 2. The van der Waals surface area contributed by atoms with Crippen molar-refractivity contribution in [1.82, 2.24) is 5.32 Å². The van der Waals surface area contributed by atoms with Crippen molar-refractivity contribution >= 4 is 11.9 Å². The number of carbonyl (C=O) groups is 2. The molecule has 0 saturated carbocycles. The van der Waals surface area contributed by atoms with E-state index in [9.17, 15) is 9.59 Å². The number of ether oxygens (including phenoxy) is 3. The zero-order valence-corrected chi connectivity index (χ0v) is 12.9. The maximum Gasteiger partial charge on any atom is 0.338 e. The summed E-state index contributed by atoms with van der Waals surface area (Å²) in [6.07, 6.45) is 2.09. The lowest BCUT2D eigenvalue weighted by Gasteiger charge is -2.12. The van der Waals surface area contributed by atoms with Crippen molar-refractivity contribution in [2.24, 2.45) is 5.92 Å².